The van der Waals surface area contributed by atoms with Gasteiger partial charge in [0.25, 0.3) is 6.71 Å². The van der Waals surface area contributed by atoms with Crippen LogP contribution in [0.5, 0.6) is 0 Å². The zero-order chi connectivity index (χ0) is 45.6. The molecule has 0 N–H and O–H groups in total. The van der Waals surface area contributed by atoms with E-state index in [9.17, 15) is 0 Å². The number of hydrogen-bond acceptors (Lipinski definition) is 3. The molecular weight excluding hydrogens is 786 g/mol. The summed E-state index contributed by atoms with van der Waals surface area (Å²) in [6.45, 7) is 29.3. The van der Waals surface area contributed by atoms with Crippen molar-refractivity contribution in [2.75, 3.05) is 14.7 Å². The molecule has 3 aliphatic heterocycles. The zero-order valence-electron chi connectivity index (χ0n) is 41.4. The van der Waals surface area contributed by atoms with Crippen molar-refractivity contribution in [3.05, 3.63) is 149 Å². The average molecular weight is 856 g/mol. The van der Waals surface area contributed by atoms with Crippen LogP contribution in [0.1, 0.15) is 156 Å². The zero-order valence-corrected chi connectivity index (χ0v) is 41.4. The highest BCUT2D eigenvalue weighted by molar-refractivity contribution is 7.00. The van der Waals surface area contributed by atoms with Gasteiger partial charge in [0, 0.05) is 50.9 Å². The van der Waals surface area contributed by atoms with Crippen molar-refractivity contribution in [2.24, 2.45) is 0 Å². The molecule has 4 heteroatoms. The lowest BCUT2D eigenvalue weighted by Crippen LogP contribution is -2.62. The van der Waals surface area contributed by atoms with Crippen LogP contribution < -0.4 is 31.1 Å². The average Bonchev–Trinajstić information content (AvgIpc) is 3.33. The van der Waals surface area contributed by atoms with E-state index in [1.54, 1.807) is 0 Å². The molecule has 0 aromatic heterocycles. The summed E-state index contributed by atoms with van der Waals surface area (Å²) in [5.74, 6) is 0. The lowest BCUT2D eigenvalue weighted by Gasteiger charge is -2.49. The van der Waals surface area contributed by atoms with Crippen LogP contribution in [0.4, 0.5) is 45.5 Å². The summed E-state index contributed by atoms with van der Waals surface area (Å²) in [6, 6.07) is 48.3. The Balaban J connectivity index is 1.30. The maximum absolute atomic E-state index is 2.82. The molecule has 65 heavy (non-hydrogen) atoms. The third-order valence-corrected chi connectivity index (χ3v) is 17.4. The van der Waals surface area contributed by atoms with Gasteiger partial charge < -0.3 is 14.7 Å². The van der Waals surface area contributed by atoms with Gasteiger partial charge in [0.15, 0.2) is 0 Å². The molecule has 0 bridgehead atoms. The monoisotopic (exact) mass is 856 g/mol. The summed E-state index contributed by atoms with van der Waals surface area (Å²) >= 11 is 0. The highest BCUT2D eigenvalue weighted by atomic mass is 15.3. The van der Waals surface area contributed by atoms with Crippen LogP contribution in [0.15, 0.2) is 121 Å². The van der Waals surface area contributed by atoms with Gasteiger partial charge in [-0.25, -0.2) is 0 Å². The lowest BCUT2D eigenvalue weighted by molar-refractivity contribution is 0.261. The predicted octanol–water partition coefficient (Wildman–Crippen LogP) is 14.8. The molecule has 6 aromatic carbocycles. The van der Waals surface area contributed by atoms with Crippen LogP contribution >= 0.6 is 0 Å². The van der Waals surface area contributed by atoms with E-state index < -0.39 is 0 Å². The standard InChI is InChI=1S/C61H70BN3/c1-56(2,3)40-22-21-25-43(34-40)64-51-35-41(57(4,5)6)28-29-48(51)62-49-38-46-47(59(9,10)33-32-58(46,7)8)39-52(49)63(42-23-15-13-16-24-42)53-36-44(37-54(64)55(53)62)65-50-27-18-17-26-45(50)60(11)30-19-14-20-31-61(60,65)12/h13,15-18,21-29,34-39H,14,19-20,30-33H2,1-12H3. The third kappa shape index (κ3) is 6.20. The number of hydrogen-bond donors (Lipinski definition) is 0. The highest BCUT2D eigenvalue weighted by Crippen LogP contribution is 2.61. The topological polar surface area (TPSA) is 9.72 Å². The SMILES string of the molecule is CC(C)(C)c1cccc(N2c3cc(C(C)(C)C)ccc3B3c4cc5c(cc4N(c4ccccc4)c4cc(N6c7ccccc7C7(C)CCCCCC67C)cc2c43)C(C)(C)CCC5(C)C)c1. The van der Waals surface area contributed by atoms with Gasteiger partial charge in [-0.3, -0.25) is 0 Å². The molecule has 2 atom stereocenters. The second kappa shape index (κ2) is 14.1. The fraction of sp³-hybridized carbons (Fsp3) is 0.410. The van der Waals surface area contributed by atoms with E-state index in [-0.39, 0.29) is 39.3 Å². The van der Waals surface area contributed by atoms with Crippen molar-refractivity contribution in [3.8, 4) is 0 Å². The first-order valence-electron chi connectivity index (χ1n) is 24.9. The quantitative estimate of drug-likeness (QED) is 0.164. The smallest absolute Gasteiger partial charge is 0.252 e. The van der Waals surface area contributed by atoms with Crippen LogP contribution in [0.2, 0.25) is 0 Å². The van der Waals surface area contributed by atoms with E-state index in [4.69, 9.17) is 0 Å². The van der Waals surface area contributed by atoms with Crippen LogP contribution in [0, 0.1) is 0 Å². The van der Waals surface area contributed by atoms with Crippen molar-refractivity contribution >= 4 is 68.6 Å². The van der Waals surface area contributed by atoms with E-state index >= 15 is 0 Å². The second-order valence-electron chi connectivity index (χ2n) is 24.4. The van der Waals surface area contributed by atoms with Gasteiger partial charge in [-0.1, -0.05) is 162 Å². The molecule has 3 nitrogen and oxygen atoms in total. The van der Waals surface area contributed by atoms with E-state index in [2.05, 4.69) is 219 Å². The Morgan fingerprint density at radius 2 is 1.02 bits per heavy atom. The van der Waals surface area contributed by atoms with Gasteiger partial charge in [-0.05, 0) is 153 Å². The molecule has 332 valence electrons. The largest absolute Gasteiger partial charge is 0.334 e. The van der Waals surface area contributed by atoms with Gasteiger partial charge in [0.2, 0.25) is 0 Å². The molecule has 2 unspecified atom stereocenters. The highest BCUT2D eigenvalue weighted by Gasteiger charge is 2.57. The summed E-state index contributed by atoms with van der Waals surface area (Å²) in [4.78, 5) is 8.16. The minimum absolute atomic E-state index is 0.00772. The van der Waals surface area contributed by atoms with Crippen molar-refractivity contribution in [1.82, 2.24) is 0 Å². The van der Waals surface area contributed by atoms with Crippen molar-refractivity contribution in [2.45, 2.75) is 161 Å². The van der Waals surface area contributed by atoms with Gasteiger partial charge in [-0.15, -0.1) is 0 Å². The Morgan fingerprint density at radius 3 is 1.71 bits per heavy atom. The Bertz CT molecular complexity index is 2890. The second-order valence-corrected chi connectivity index (χ2v) is 24.4. The Kier molecular flexibility index (Phi) is 9.23. The molecule has 0 radical (unpaired) electrons. The molecular formula is C61H70BN3. The van der Waals surface area contributed by atoms with Crippen LogP contribution in [-0.4, -0.2) is 12.3 Å². The summed E-state index contributed by atoms with van der Waals surface area (Å²) in [5, 5.41) is 0. The van der Waals surface area contributed by atoms with E-state index in [1.807, 2.05) is 0 Å². The van der Waals surface area contributed by atoms with Crippen molar-refractivity contribution in [3.63, 3.8) is 0 Å². The lowest BCUT2D eigenvalue weighted by atomic mass is 9.33. The van der Waals surface area contributed by atoms with E-state index in [0.717, 1.165) is 6.42 Å². The fourth-order valence-electron chi connectivity index (χ4n) is 13.2. The summed E-state index contributed by atoms with van der Waals surface area (Å²) in [6.07, 6.45) is 8.52. The normalized spacial score (nSPS) is 22.6. The van der Waals surface area contributed by atoms with Crippen LogP contribution in [0.3, 0.4) is 0 Å². The number of nitrogens with zero attached hydrogens (tertiary/aromatic N) is 3. The number of benzene rings is 6. The first-order valence-corrected chi connectivity index (χ1v) is 24.9. The first kappa shape index (κ1) is 42.4. The Morgan fingerprint density at radius 1 is 0.431 bits per heavy atom. The van der Waals surface area contributed by atoms with Crippen LogP contribution in [-0.2, 0) is 27.1 Å². The number of anilines is 8. The van der Waals surface area contributed by atoms with Gasteiger partial charge in [-0.2, -0.15) is 0 Å². The minimum atomic E-state index is -0.102. The molecule has 6 aromatic rings. The molecule has 1 fully saturated rings. The fourth-order valence-corrected chi connectivity index (χ4v) is 13.2. The molecule has 0 amide bonds. The molecule has 0 spiro atoms. The van der Waals surface area contributed by atoms with E-state index in [1.165, 1.54) is 128 Å². The summed E-state index contributed by atoms with van der Waals surface area (Å²) < 4.78 is 0. The Hall–Kier alpha value is -5.22. The Labute approximate surface area is 391 Å². The predicted molar refractivity (Wildman–Crippen MR) is 281 cm³/mol. The van der Waals surface area contributed by atoms with Crippen molar-refractivity contribution < 1.29 is 0 Å². The van der Waals surface area contributed by atoms with Gasteiger partial charge >= 0.3 is 0 Å². The molecule has 3 heterocycles. The molecule has 1 saturated carbocycles. The maximum Gasteiger partial charge on any atom is 0.252 e. The number of para-hydroxylation sites is 2. The molecule has 5 aliphatic rings. The maximum atomic E-state index is 2.82. The number of fused-ring (bicyclic) bond motifs is 8. The van der Waals surface area contributed by atoms with Gasteiger partial charge in [0.1, 0.15) is 0 Å². The third-order valence-electron chi connectivity index (χ3n) is 17.4. The van der Waals surface area contributed by atoms with Crippen molar-refractivity contribution in [1.29, 1.82) is 0 Å². The van der Waals surface area contributed by atoms with Crippen LogP contribution in [0.25, 0.3) is 0 Å². The molecule has 0 saturated heterocycles. The molecule has 11 rings (SSSR count). The molecule has 2 aliphatic carbocycles. The minimum Gasteiger partial charge on any atom is -0.334 e. The summed E-state index contributed by atoms with van der Waals surface area (Å²) in [7, 11) is 0. The van der Waals surface area contributed by atoms with Gasteiger partial charge in [0.05, 0.1) is 5.54 Å². The van der Waals surface area contributed by atoms with E-state index in [0.29, 0.717) is 0 Å². The first-order chi connectivity index (χ1) is 30.7. The number of rotatable bonds is 3. The summed E-state index contributed by atoms with van der Waals surface area (Å²) in [5.41, 5.74) is 21.8.